The Kier molecular flexibility index (Phi) is 4.00. The fourth-order valence-electron chi connectivity index (χ4n) is 1.42. The summed E-state index contributed by atoms with van der Waals surface area (Å²) >= 11 is 0. The third kappa shape index (κ3) is 2.94. The summed E-state index contributed by atoms with van der Waals surface area (Å²) in [5.74, 6) is 0.500. The summed E-state index contributed by atoms with van der Waals surface area (Å²) in [6, 6.07) is 10.5. The number of nitrogens with zero attached hydrogens (tertiary/aromatic N) is 7. The number of rotatable bonds is 4. The van der Waals surface area contributed by atoms with E-state index in [0.717, 1.165) is 5.56 Å². The number of hydrogen-bond donors (Lipinski definition) is 1. The van der Waals surface area contributed by atoms with E-state index in [-0.39, 0.29) is 5.71 Å². The molecule has 0 unspecified atom stereocenters. The summed E-state index contributed by atoms with van der Waals surface area (Å²) in [5.41, 5.74) is 3.78. The van der Waals surface area contributed by atoms with Crippen LogP contribution in [0.4, 0.5) is 5.69 Å². The predicted octanol–water partition coefficient (Wildman–Crippen LogP) is 1.18. The van der Waals surface area contributed by atoms with E-state index >= 15 is 0 Å². The first-order valence-corrected chi connectivity index (χ1v) is 5.79. The van der Waals surface area contributed by atoms with E-state index in [1.165, 1.54) is 4.80 Å². The molecule has 1 aromatic carbocycles. The number of hydrazone groups is 1. The minimum absolute atomic E-state index is 0.245. The summed E-state index contributed by atoms with van der Waals surface area (Å²) in [5, 5.41) is 32.9. The first-order chi connectivity index (χ1) is 9.76. The fourth-order valence-corrected chi connectivity index (χ4v) is 1.42. The van der Waals surface area contributed by atoms with Gasteiger partial charge in [0.25, 0.3) is 0 Å². The van der Waals surface area contributed by atoms with Crippen LogP contribution in [0.2, 0.25) is 0 Å². The molecule has 20 heavy (non-hydrogen) atoms. The third-order valence-corrected chi connectivity index (χ3v) is 2.37. The lowest BCUT2D eigenvalue weighted by molar-refractivity contribution is 0.553. The van der Waals surface area contributed by atoms with E-state index in [1.54, 1.807) is 30.3 Å². The third-order valence-electron chi connectivity index (χ3n) is 2.37. The molecule has 8 heteroatoms. The lowest BCUT2D eigenvalue weighted by atomic mass is 10.2. The van der Waals surface area contributed by atoms with Crippen molar-refractivity contribution in [1.29, 1.82) is 10.5 Å². The van der Waals surface area contributed by atoms with Gasteiger partial charge in [0, 0.05) is 5.56 Å². The van der Waals surface area contributed by atoms with Gasteiger partial charge in [-0.25, -0.2) is 0 Å². The number of anilines is 1. The Hall–Kier alpha value is -3.26. The van der Waals surface area contributed by atoms with Crippen molar-refractivity contribution in [3.63, 3.8) is 0 Å². The Morgan fingerprint density at radius 3 is 2.85 bits per heavy atom. The first kappa shape index (κ1) is 13.2. The molecular weight excluding hydrogens is 256 g/mol. The van der Waals surface area contributed by atoms with Crippen LogP contribution in [0.25, 0.3) is 11.4 Å². The molecule has 0 aliphatic carbocycles. The first-order valence-electron chi connectivity index (χ1n) is 5.79. The maximum Gasteiger partial charge on any atom is 0.237 e. The molecule has 0 saturated heterocycles. The Balaban J connectivity index is 2.23. The van der Waals surface area contributed by atoms with Crippen LogP contribution in [0.15, 0.2) is 29.4 Å². The van der Waals surface area contributed by atoms with Gasteiger partial charge in [0.2, 0.25) is 11.5 Å². The van der Waals surface area contributed by atoms with Crippen LogP contribution >= 0.6 is 0 Å². The molecule has 1 heterocycles. The minimum Gasteiger partial charge on any atom is -0.276 e. The van der Waals surface area contributed by atoms with E-state index in [1.807, 2.05) is 13.0 Å². The second-order valence-corrected chi connectivity index (χ2v) is 3.68. The average molecular weight is 266 g/mol. The van der Waals surface area contributed by atoms with E-state index in [0.29, 0.717) is 18.1 Å². The number of nitriles is 2. The molecule has 1 N–H and O–H groups in total. The lowest BCUT2D eigenvalue weighted by Crippen LogP contribution is -1.98. The van der Waals surface area contributed by atoms with Gasteiger partial charge < -0.3 is 0 Å². The number of aromatic nitrogens is 4. The van der Waals surface area contributed by atoms with Gasteiger partial charge in [-0.1, -0.05) is 12.1 Å². The zero-order chi connectivity index (χ0) is 14.4. The number of tetrazole rings is 1. The van der Waals surface area contributed by atoms with Crippen molar-refractivity contribution in [2.24, 2.45) is 5.10 Å². The van der Waals surface area contributed by atoms with Crippen molar-refractivity contribution in [3.05, 3.63) is 24.3 Å². The Labute approximate surface area is 114 Å². The summed E-state index contributed by atoms with van der Waals surface area (Å²) in [7, 11) is 0. The smallest absolute Gasteiger partial charge is 0.237 e. The topological polar surface area (TPSA) is 116 Å². The van der Waals surface area contributed by atoms with Crippen LogP contribution in [0, 0.1) is 22.7 Å². The molecular formula is C12H10N8. The SMILES string of the molecule is CCn1nnc(-c2cccc(NN=C(C#N)C#N)c2)n1. The maximum atomic E-state index is 8.59. The molecule has 0 radical (unpaired) electrons. The molecule has 0 spiro atoms. The van der Waals surface area contributed by atoms with Gasteiger partial charge in [0.05, 0.1) is 12.2 Å². The molecule has 98 valence electrons. The van der Waals surface area contributed by atoms with Gasteiger partial charge in [-0.3, -0.25) is 5.43 Å². The van der Waals surface area contributed by atoms with Gasteiger partial charge in [0.1, 0.15) is 12.1 Å². The number of aryl methyl sites for hydroxylation is 1. The molecule has 0 fully saturated rings. The summed E-state index contributed by atoms with van der Waals surface area (Å²) in [4.78, 5) is 1.48. The van der Waals surface area contributed by atoms with Crippen LogP contribution in [0.3, 0.4) is 0 Å². The van der Waals surface area contributed by atoms with Crippen LogP contribution in [-0.2, 0) is 6.54 Å². The zero-order valence-corrected chi connectivity index (χ0v) is 10.6. The van der Waals surface area contributed by atoms with E-state index in [9.17, 15) is 0 Å². The van der Waals surface area contributed by atoms with Crippen molar-refractivity contribution < 1.29 is 0 Å². The highest BCUT2D eigenvalue weighted by atomic mass is 15.6. The quantitative estimate of drug-likeness (QED) is 0.656. The van der Waals surface area contributed by atoms with E-state index < -0.39 is 0 Å². The number of nitrogens with one attached hydrogen (secondary N) is 1. The Morgan fingerprint density at radius 1 is 1.40 bits per heavy atom. The van der Waals surface area contributed by atoms with Crippen LogP contribution < -0.4 is 5.43 Å². The highest BCUT2D eigenvalue weighted by Crippen LogP contribution is 2.18. The molecule has 8 nitrogen and oxygen atoms in total. The summed E-state index contributed by atoms with van der Waals surface area (Å²) in [6.07, 6.45) is 0. The highest BCUT2D eigenvalue weighted by Gasteiger charge is 2.05. The van der Waals surface area contributed by atoms with Gasteiger partial charge in [0.15, 0.2) is 0 Å². The van der Waals surface area contributed by atoms with Crippen molar-refractivity contribution in [2.45, 2.75) is 13.5 Å². The van der Waals surface area contributed by atoms with Gasteiger partial charge >= 0.3 is 0 Å². The van der Waals surface area contributed by atoms with Crippen LogP contribution in [0.5, 0.6) is 0 Å². The molecule has 0 saturated carbocycles. The largest absolute Gasteiger partial charge is 0.276 e. The van der Waals surface area contributed by atoms with Crippen LogP contribution in [0.1, 0.15) is 6.92 Å². The number of benzene rings is 1. The second-order valence-electron chi connectivity index (χ2n) is 3.68. The molecule has 0 aliphatic rings. The van der Waals surface area contributed by atoms with Crippen LogP contribution in [-0.4, -0.2) is 25.9 Å². The lowest BCUT2D eigenvalue weighted by Gasteiger charge is -2.01. The van der Waals surface area contributed by atoms with E-state index in [2.05, 4.69) is 25.9 Å². The molecule has 0 aliphatic heterocycles. The van der Waals surface area contributed by atoms with Gasteiger partial charge in [-0.05, 0) is 24.3 Å². The van der Waals surface area contributed by atoms with Crippen molar-refractivity contribution in [2.75, 3.05) is 5.43 Å². The monoisotopic (exact) mass is 266 g/mol. The normalized spacial score (nSPS) is 9.35. The van der Waals surface area contributed by atoms with Crippen molar-refractivity contribution in [3.8, 4) is 23.5 Å². The molecule has 1 aromatic heterocycles. The maximum absolute atomic E-state index is 8.59. The average Bonchev–Trinajstić information content (AvgIpc) is 2.97. The molecule has 2 aromatic rings. The molecule has 2 rings (SSSR count). The van der Waals surface area contributed by atoms with Gasteiger partial charge in [-0.2, -0.15) is 20.4 Å². The minimum atomic E-state index is -0.245. The van der Waals surface area contributed by atoms with Crippen molar-refractivity contribution in [1.82, 2.24) is 20.2 Å². The van der Waals surface area contributed by atoms with E-state index in [4.69, 9.17) is 10.5 Å². The Morgan fingerprint density at radius 2 is 2.20 bits per heavy atom. The fraction of sp³-hybridized carbons (Fsp3) is 0.167. The standard InChI is InChI=1S/C12H10N8/c1-2-20-18-12(17-19-20)9-4-3-5-10(6-9)15-16-11(7-13)8-14/h3-6,15H,2H2,1H3. The second kappa shape index (κ2) is 6.07. The molecule has 0 atom stereocenters. The summed E-state index contributed by atoms with van der Waals surface area (Å²) in [6.45, 7) is 2.56. The zero-order valence-electron chi connectivity index (χ0n) is 10.6. The number of hydrogen-bond acceptors (Lipinski definition) is 7. The predicted molar refractivity (Wildman–Crippen MR) is 71.2 cm³/mol. The Bertz CT molecular complexity index is 700. The highest BCUT2D eigenvalue weighted by molar-refractivity contribution is 6.10. The summed E-state index contributed by atoms with van der Waals surface area (Å²) < 4.78 is 0. The molecule has 0 bridgehead atoms. The molecule has 0 amide bonds. The van der Waals surface area contributed by atoms with Crippen molar-refractivity contribution >= 4 is 11.4 Å². The van der Waals surface area contributed by atoms with Gasteiger partial charge in [-0.15, -0.1) is 10.2 Å².